The number of nitrogens with zero attached hydrogens (tertiary/aromatic N) is 5. The van der Waals surface area contributed by atoms with Crippen molar-refractivity contribution in [2.75, 3.05) is 52.5 Å². The zero-order valence-corrected chi connectivity index (χ0v) is 18.8. The fourth-order valence-corrected chi connectivity index (χ4v) is 3.23. The average molecular weight is 410 g/mol. The van der Waals surface area contributed by atoms with E-state index in [0.29, 0.717) is 12.5 Å². The van der Waals surface area contributed by atoms with Crippen LogP contribution in [-0.2, 0) is 23.1 Å². The fraction of sp³-hybridized carbons (Fsp3) is 0.850. The zero-order valence-electron chi connectivity index (χ0n) is 18.8. The van der Waals surface area contributed by atoms with Crippen molar-refractivity contribution in [3.05, 3.63) is 11.6 Å². The first kappa shape index (κ1) is 23.6. The molecule has 2 rings (SSSR count). The Labute approximate surface area is 175 Å². The molecular weight excluding hydrogens is 370 g/mol. The number of aromatic nitrogens is 3. The average Bonchev–Trinajstić information content (AvgIpc) is 3.01. The Bertz CT molecular complexity index is 618. The lowest BCUT2D eigenvalue weighted by Crippen LogP contribution is -2.50. The molecule has 0 amide bonds. The van der Waals surface area contributed by atoms with E-state index in [9.17, 15) is 0 Å². The maximum Gasteiger partial charge on any atom is 0.191 e. The summed E-state index contributed by atoms with van der Waals surface area (Å²) in [6.07, 6.45) is 1.09. The number of aliphatic imine (C=N–C) groups is 1. The normalized spacial score (nSPS) is 18.4. The molecule has 2 heterocycles. The van der Waals surface area contributed by atoms with Gasteiger partial charge in [-0.15, -0.1) is 10.2 Å². The SMILES string of the molecule is CCOCCCNC(=NCc1nnc(C)n1C)NCC1CN(CC(C)C)CCO1. The molecule has 9 heteroatoms. The minimum absolute atomic E-state index is 0.162. The van der Waals surface area contributed by atoms with Crippen molar-refractivity contribution < 1.29 is 9.47 Å². The van der Waals surface area contributed by atoms with E-state index < -0.39 is 0 Å². The Kier molecular flexibility index (Phi) is 10.4. The van der Waals surface area contributed by atoms with Gasteiger partial charge < -0.3 is 24.7 Å². The lowest BCUT2D eigenvalue weighted by Gasteiger charge is -2.34. The third-order valence-corrected chi connectivity index (χ3v) is 4.87. The Hall–Kier alpha value is -1.71. The second-order valence-corrected chi connectivity index (χ2v) is 7.89. The first-order valence-corrected chi connectivity index (χ1v) is 10.8. The van der Waals surface area contributed by atoms with Gasteiger partial charge in [-0.25, -0.2) is 4.99 Å². The van der Waals surface area contributed by atoms with Crippen molar-refractivity contribution in [2.24, 2.45) is 18.0 Å². The summed E-state index contributed by atoms with van der Waals surface area (Å²) in [5, 5.41) is 15.1. The third kappa shape index (κ3) is 8.67. The maximum atomic E-state index is 5.95. The second-order valence-electron chi connectivity index (χ2n) is 7.89. The van der Waals surface area contributed by atoms with Gasteiger partial charge in [0.1, 0.15) is 12.4 Å². The number of hydrogen-bond acceptors (Lipinski definition) is 6. The van der Waals surface area contributed by atoms with Gasteiger partial charge >= 0.3 is 0 Å². The minimum Gasteiger partial charge on any atom is -0.382 e. The topological polar surface area (TPSA) is 88.8 Å². The minimum atomic E-state index is 0.162. The summed E-state index contributed by atoms with van der Waals surface area (Å²) in [4.78, 5) is 7.18. The molecule has 0 saturated carbocycles. The Morgan fingerprint density at radius 1 is 1.34 bits per heavy atom. The van der Waals surface area contributed by atoms with Crippen LogP contribution < -0.4 is 10.6 Å². The van der Waals surface area contributed by atoms with E-state index in [4.69, 9.17) is 14.5 Å². The van der Waals surface area contributed by atoms with E-state index in [0.717, 1.165) is 76.6 Å². The van der Waals surface area contributed by atoms with Gasteiger partial charge in [-0.2, -0.15) is 0 Å². The predicted octanol–water partition coefficient (Wildman–Crippen LogP) is 0.942. The van der Waals surface area contributed by atoms with E-state index >= 15 is 0 Å². The van der Waals surface area contributed by atoms with Gasteiger partial charge in [0, 0.05) is 53.0 Å². The first-order valence-electron chi connectivity index (χ1n) is 10.8. The zero-order chi connectivity index (χ0) is 21.1. The summed E-state index contributed by atoms with van der Waals surface area (Å²) in [6.45, 7) is 15.8. The van der Waals surface area contributed by atoms with E-state index in [2.05, 4.69) is 39.6 Å². The maximum absolute atomic E-state index is 5.95. The smallest absolute Gasteiger partial charge is 0.191 e. The van der Waals surface area contributed by atoms with Crippen molar-refractivity contribution in [1.29, 1.82) is 0 Å². The van der Waals surface area contributed by atoms with Crippen molar-refractivity contribution in [1.82, 2.24) is 30.3 Å². The Morgan fingerprint density at radius 2 is 2.17 bits per heavy atom. The van der Waals surface area contributed by atoms with E-state index in [1.165, 1.54) is 0 Å². The molecule has 0 spiro atoms. The van der Waals surface area contributed by atoms with Gasteiger partial charge in [-0.3, -0.25) is 4.90 Å². The molecule has 1 aromatic rings. The Morgan fingerprint density at radius 3 is 2.86 bits per heavy atom. The highest BCUT2D eigenvalue weighted by molar-refractivity contribution is 5.79. The molecule has 1 fully saturated rings. The van der Waals surface area contributed by atoms with Crippen LogP contribution in [0.4, 0.5) is 0 Å². The molecular formula is C20H39N7O2. The van der Waals surface area contributed by atoms with Crippen LogP contribution in [0.3, 0.4) is 0 Å². The lowest BCUT2D eigenvalue weighted by molar-refractivity contribution is -0.0284. The highest BCUT2D eigenvalue weighted by Gasteiger charge is 2.21. The van der Waals surface area contributed by atoms with Crippen LogP contribution in [0.1, 0.15) is 38.8 Å². The molecule has 1 aliphatic heterocycles. The predicted molar refractivity (Wildman–Crippen MR) is 115 cm³/mol. The summed E-state index contributed by atoms with van der Waals surface area (Å²) in [7, 11) is 1.96. The van der Waals surface area contributed by atoms with Gasteiger partial charge in [0.15, 0.2) is 11.8 Å². The molecule has 1 aromatic heterocycles. The third-order valence-electron chi connectivity index (χ3n) is 4.87. The first-order chi connectivity index (χ1) is 14.0. The lowest BCUT2D eigenvalue weighted by atomic mass is 10.2. The van der Waals surface area contributed by atoms with Gasteiger partial charge in [0.2, 0.25) is 0 Å². The van der Waals surface area contributed by atoms with Crippen LogP contribution in [0.2, 0.25) is 0 Å². The molecule has 1 unspecified atom stereocenters. The van der Waals surface area contributed by atoms with E-state index in [1.807, 2.05) is 25.5 Å². The number of nitrogens with one attached hydrogen (secondary N) is 2. The quantitative estimate of drug-likeness (QED) is 0.319. The van der Waals surface area contributed by atoms with E-state index in [1.54, 1.807) is 0 Å². The molecule has 0 aliphatic carbocycles. The number of aryl methyl sites for hydroxylation is 1. The van der Waals surface area contributed by atoms with Crippen molar-refractivity contribution in [3.63, 3.8) is 0 Å². The number of guanidine groups is 1. The molecule has 29 heavy (non-hydrogen) atoms. The standard InChI is InChI=1S/C20H39N7O2/c1-6-28-10-7-8-21-20(23-13-19-25-24-17(4)26(19)5)22-12-18-15-27(9-11-29-18)14-16(2)3/h16,18H,6-15H2,1-5H3,(H2,21,22,23). The summed E-state index contributed by atoms with van der Waals surface area (Å²) < 4.78 is 13.3. The molecule has 1 saturated heterocycles. The molecule has 1 aliphatic rings. The van der Waals surface area contributed by atoms with Crippen molar-refractivity contribution in [3.8, 4) is 0 Å². The summed E-state index contributed by atoms with van der Waals surface area (Å²) >= 11 is 0. The summed E-state index contributed by atoms with van der Waals surface area (Å²) in [6, 6.07) is 0. The Balaban J connectivity index is 1.88. The summed E-state index contributed by atoms with van der Waals surface area (Å²) in [5.74, 6) is 3.16. The molecule has 0 bridgehead atoms. The summed E-state index contributed by atoms with van der Waals surface area (Å²) in [5.41, 5.74) is 0. The number of rotatable bonds is 11. The van der Waals surface area contributed by atoms with Crippen LogP contribution >= 0.6 is 0 Å². The van der Waals surface area contributed by atoms with Crippen LogP contribution in [0.5, 0.6) is 0 Å². The van der Waals surface area contributed by atoms with Gasteiger partial charge in [-0.1, -0.05) is 13.8 Å². The van der Waals surface area contributed by atoms with Crippen LogP contribution in [0, 0.1) is 12.8 Å². The van der Waals surface area contributed by atoms with E-state index in [-0.39, 0.29) is 6.10 Å². The fourth-order valence-electron chi connectivity index (χ4n) is 3.23. The van der Waals surface area contributed by atoms with Crippen LogP contribution in [-0.4, -0.2) is 84.3 Å². The molecule has 0 aromatic carbocycles. The van der Waals surface area contributed by atoms with Crippen molar-refractivity contribution >= 4 is 5.96 Å². The second kappa shape index (κ2) is 12.8. The largest absolute Gasteiger partial charge is 0.382 e. The van der Waals surface area contributed by atoms with Crippen LogP contribution in [0.25, 0.3) is 0 Å². The molecule has 166 valence electrons. The highest BCUT2D eigenvalue weighted by atomic mass is 16.5. The van der Waals surface area contributed by atoms with Gasteiger partial charge in [0.05, 0.1) is 12.7 Å². The van der Waals surface area contributed by atoms with Gasteiger partial charge in [-0.05, 0) is 26.2 Å². The number of ether oxygens (including phenoxy) is 2. The molecule has 1 atom stereocenters. The highest BCUT2D eigenvalue weighted by Crippen LogP contribution is 2.07. The number of morpholine rings is 1. The van der Waals surface area contributed by atoms with Crippen molar-refractivity contribution in [2.45, 2.75) is 46.8 Å². The van der Waals surface area contributed by atoms with Crippen LogP contribution in [0.15, 0.2) is 4.99 Å². The van der Waals surface area contributed by atoms with Gasteiger partial charge in [0.25, 0.3) is 0 Å². The molecule has 2 N–H and O–H groups in total. The molecule has 0 radical (unpaired) electrons. The monoisotopic (exact) mass is 409 g/mol. The molecule has 9 nitrogen and oxygen atoms in total. The number of hydrogen-bond donors (Lipinski definition) is 2.